The zero-order valence-electron chi connectivity index (χ0n) is 39.3. The number of nitrogens with zero attached hydrogens (tertiary/aromatic N) is 8. The molecule has 8 rings (SSSR count). The average molecular weight is 1050 g/mol. The summed E-state index contributed by atoms with van der Waals surface area (Å²) in [6.07, 6.45) is 4.73. The second kappa shape index (κ2) is 26.4. The third kappa shape index (κ3) is 14.2. The van der Waals surface area contributed by atoms with Crippen molar-refractivity contribution in [3.05, 3.63) is 129 Å². The average Bonchev–Trinajstić information content (AvgIpc) is 3.37. The van der Waals surface area contributed by atoms with Gasteiger partial charge in [-0.05, 0) is 105 Å². The molecule has 2 aliphatic heterocycles. The largest absolute Gasteiger partial charge is 0.492 e. The molecule has 0 bridgehead atoms. The first-order valence-corrected chi connectivity index (χ1v) is 25.1. The smallest absolute Gasteiger partial charge is 0.268 e. The lowest BCUT2D eigenvalue weighted by Gasteiger charge is -2.29. The monoisotopic (exact) mass is 1050 g/mol. The molecule has 2 amide bonds. The number of likely N-dealkylation sites (N-methyl/N-ethyl adjacent to an activating group) is 2. The fraction of sp³-hybridized carbons (Fsp3) is 0.306. The highest BCUT2D eigenvalue weighted by molar-refractivity contribution is 7.98. The van der Waals surface area contributed by atoms with E-state index in [0.717, 1.165) is 68.7 Å². The number of carbonyl (C=O) groups excluding carboxylic acids is 2. The van der Waals surface area contributed by atoms with Crippen LogP contribution in [0.1, 0.15) is 48.4 Å². The van der Waals surface area contributed by atoms with Gasteiger partial charge in [-0.3, -0.25) is 19.4 Å². The van der Waals surface area contributed by atoms with E-state index in [4.69, 9.17) is 71.1 Å². The van der Waals surface area contributed by atoms with Crippen molar-refractivity contribution in [1.29, 1.82) is 0 Å². The number of carbonyl (C=O) groups is 2. The number of nitrogens with two attached hydrogens (primary N) is 1. The normalized spacial score (nSPS) is 12.7. The van der Waals surface area contributed by atoms with Gasteiger partial charge in [0.05, 0.1) is 31.5 Å². The van der Waals surface area contributed by atoms with Gasteiger partial charge in [0.2, 0.25) is 17.7 Å². The van der Waals surface area contributed by atoms with Gasteiger partial charge >= 0.3 is 0 Å². The number of halogens is 4. The van der Waals surface area contributed by atoms with Crippen LogP contribution >= 0.6 is 58.2 Å². The zero-order valence-corrected chi connectivity index (χ0v) is 43.2. The minimum absolute atomic E-state index is 0.000120. The molecule has 16 nitrogen and oxygen atoms in total. The molecule has 0 saturated heterocycles. The number of nitrogen functional groups attached to an aromatic ring is 1. The van der Waals surface area contributed by atoms with Crippen molar-refractivity contribution in [3.63, 3.8) is 0 Å². The van der Waals surface area contributed by atoms with Gasteiger partial charge in [0.25, 0.3) is 11.8 Å². The molecule has 0 spiro atoms. The van der Waals surface area contributed by atoms with Crippen LogP contribution in [0.5, 0.6) is 23.3 Å². The van der Waals surface area contributed by atoms with E-state index in [1.54, 1.807) is 36.4 Å². The number of aromatic nitrogens is 4. The number of para-hydroxylation sites is 2. The van der Waals surface area contributed by atoms with Crippen molar-refractivity contribution in [1.82, 2.24) is 29.7 Å². The maximum atomic E-state index is 13.0. The SMILES string of the molecule is CCN(CC)CCOc1ccc(N)cc1.CCN(CC)CCOc1ccc(Nc2ncc3c(n2)OCN(c2c(Cl)cccc2Cl)C3=O)cc1.CSc1ncc2c(n1)OCN(c1c(Cl)cccc1Cl)C2=O. The van der Waals surface area contributed by atoms with Gasteiger partial charge in [-0.15, -0.1) is 0 Å². The number of ether oxygens (including phenoxy) is 4. The maximum absolute atomic E-state index is 13.0. The van der Waals surface area contributed by atoms with Crippen molar-refractivity contribution in [2.45, 2.75) is 32.9 Å². The second-order valence-corrected chi connectivity index (χ2v) is 17.5. The number of hydrogen-bond acceptors (Lipinski definition) is 15. The van der Waals surface area contributed by atoms with Crippen LogP contribution in [0.4, 0.5) is 28.7 Å². The van der Waals surface area contributed by atoms with Gasteiger partial charge in [-0.1, -0.05) is 98.0 Å². The molecular weight excluding hydrogens is 998 g/mol. The summed E-state index contributed by atoms with van der Waals surface area (Å²) >= 11 is 26.1. The van der Waals surface area contributed by atoms with Crippen molar-refractivity contribution < 1.29 is 28.5 Å². The van der Waals surface area contributed by atoms with Gasteiger partial charge in [-0.25, -0.2) is 9.97 Å². The van der Waals surface area contributed by atoms with Crippen LogP contribution in [0.2, 0.25) is 20.1 Å². The maximum Gasteiger partial charge on any atom is 0.268 e. The van der Waals surface area contributed by atoms with E-state index in [2.05, 4.69) is 62.7 Å². The summed E-state index contributed by atoms with van der Waals surface area (Å²) < 4.78 is 22.7. The Kier molecular flexibility index (Phi) is 20.2. The molecule has 4 aromatic carbocycles. The van der Waals surface area contributed by atoms with Crippen molar-refractivity contribution in [2.24, 2.45) is 0 Å². The number of fused-ring (bicyclic) bond motifs is 2. The predicted molar refractivity (Wildman–Crippen MR) is 281 cm³/mol. The minimum atomic E-state index is -0.339. The van der Waals surface area contributed by atoms with E-state index in [1.165, 1.54) is 34.0 Å². The van der Waals surface area contributed by atoms with E-state index in [0.29, 0.717) is 49.2 Å². The molecule has 3 N–H and O–H groups in total. The Labute approximate surface area is 432 Å². The Balaban J connectivity index is 0.000000190. The van der Waals surface area contributed by atoms with Crippen LogP contribution in [0.15, 0.2) is 102 Å². The van der Waals surface area contributed by atoms with Crippen LogP contribution in [0.25, 0.3) is 0 Å². The summed E-state index contributed by atoms with van der Waals surface area (Å²) in [7, 11) is 0. The third-order valence-corrected chi connectivity index (χ3v) is 12.6. The van der Waals surface area contributed by atoms with Gasteiger partial charge in [0.15, 0.2) is 18.6 Å². The van der Waals surface area contributed by atoms with Crippen LogP contribution in [-0.4, -0.2) is 114 Å². The molecule has 2 aliphatic rings. The topological polar surface area (TPSA) is 174 Å². The van der Waals surface area contributed by atoms with E-state index in [9.17, 15) is 9.59 Å². The number of amides is 2. The molecule has 0 saturated carbocycles. The Hall–Kier alpha value is -5.79. The van der Waals surface area contributed by atoms with E-state index in [-0.39, 0.29) is 48.2 Å². The van der Waals surface area contributed by atoms with Crippen LogP contribution in [0, 0.1) is 0 Å². The summed E-state index contributed by atoms with van der Waals surface area (Å²) in [5, 5.41) is 5.13. The van der Waals surface area contributed by atoms with Crippen LogP contribution in [0.3, 0.4) is 0 Å². The molecule has 4 heterocycles. The Bertz CT molecular complexity index is 2640. The highest BCUT2D eigenvalue weighted by Crippen LogP contribution is 2.38. The summed E-state index contributed by atoms with van der Waals surface area (Å²) in [4.78, 5) is 49.8. The lowest BCUT2D eigenvalue weighted by atomic mass is 10.2. The predicted octanol–water partition coefficient (Wildman–Crippen LogP) is 10.7. The van der Waals surface area contributed by atoms with Gasteiger partial charge in [0, 0.05) is 36.9 Å². The number of nitrogens with one attached hydrogen (secondary N) is 1. The fourth-order valence-electron chi connectivity index (χ4n) is 6.87. The summed E-state index contributed by atoms with van der Waals surface area (Å²) in [5.41, 5.74) is 8.46. The molecule has 0 fully saturated rings. The van der Waals surface area contributed by atoms with E-state index in [1.807, 2.05) is 54.8 Å². The first kappa shape index (κ1) is 53.6. The first-order valence-electron chi connectivity index (χ1n) is 22.4. The van der Waals surface area contributed by atoms with Gasteiger partial charge in [0.1, 0.15) is 35.8 Å². The number of hydrogen-bond donors (Lipinski definition) is 2. The molecule has 0 atom stereocenters. The molecule has 0 radical (unpaired) electrons. The highest BCUT2D eigenvalue weighted by atomic mass is 35.5. The number of anilines is 5. The Morgan fingerprint density at radius 2 is 1.07 bits per heavy atom. The molecule has 0 unspecified atom stereocenters. The minimum Gasteiger partial charge on any atom is -0.492 e. The molecular formula is C49H54Cl4N10O6S. The third-order valence-electron chi connectivity index (χ3n) is 10.8. The molecule has 0 aliphatic carbocycles. The summed E-state index contributed by atoms with van der Waals surface area (Å²) in [6.45, 7) is 15.9. The van der Waals surface area contributed by atoms with Crippen molar-refractivity contribution in [2.75, 3.05) is 93.0 Å². The first-order chi connectivity index (χ1) is 33.9. The lowest BCUT2D eigenvalue weighted by molar-refractivity contribution is 0.0923. The van der Waals surface area contributed by atoms with Gasteiger partial charge < -0.3 is 39.8 Å². The zero-order chi connectivity index (χ0) is 50.2. The second-order valence-electron chi connectivity index (χ2n) is 15.1. The number of thioether (sulfide) groups is 1. The fourth-order valence-corrected chi connectivity index (χ4v) is 8.40. The molecule has 6 aromatic rings. The van der Waals surface area contributed by atoms with E-state index >= 15 is 0 Å². The number of rotatable bonds is 17. The lowest BCUT2D eigenvalue weighted by Crippen LogP contribution is -2.39. The Morgan fingerprint density at radius 3 is 1.51 bits per heavy atom. The van der Waals surface area contributed by atoms with Gasteiger partial charge in [-0.2, -0.15) is 9.97 Å². The molecule has 70 heavy (non-hydrogen) atoms. The van der Waals surface area contributed by atoms with Crippen LogP contribution in [-0.2, 0) is 0 Å². The Morgan fingerprint density at radius 1 is 0.643 bits per heavy atom. The molecule has 2 aromatic heterocycles. The highest BCUT2D eigenvalue weighted by Gasteiger charge is 2.33. The quantitative estimate of drug-likeness (QED) is 0.0501. The summed E-state index contributed by atoms with van der Waals surface area (Å²) in [6, 6.07) is 25.1. The number of benzene rings is 4. The van der Waals surface area contributed by atoms with Crippen molar-refractivity contribution in [3.8, 4) is 23.3 Å². The standard InChI is InChI=1S/C24H25Cl2N5O3.C13H9Cl2N3O2S.C12H20N2O/c1-3-30(4-2)12-13-33-17-10-8-16(9-11-17)28-24-27-14-18-22(29-24)34-15-31(23(18)32)21-19(25)6-5-7-20(21)26;1-21-13-16-5-7-11(17-13)20-6-18(12(7)19)10-8(14)3-2-4-9(10)15;1-3-14(4-2)9-10-15-12-7-5-11(13)6-8-12/h5-11,14H,3-4,12-13,15H2,1-2H3,(H,27,28,29);2-5H,6H2,1H3;5-8H,3-4,9-10,13H2,1-2H3. The van der Waals surface area contributed by atoms with Crippen molar-refractivity contribution >= 4 is 98.7 Å². The molecule has 21 heteroatoms. The molecule has 370 valence electrons. The summed E-state index contributed by atoms with van der Waals surface area (Å²) in [5.74, 6) is 1.82. The van der Waals surface area contributed by atoms with E-state index < -0.39 is 0 Å². The van der Waals surface area contributed by atoms with Crippen LogP contribution < -0.4 is 39.8 Å².